The molecule has 1 spiro atoms. The number of rotatable bonds is 6. The first-order chi connectivity index (χ1) is 13.9. The van der Waals surface area contributed by atoms with Gasteiger partial charge in [-0.25, -0.2) is 4.79 Å². The maximum Gasteiger partial charge on any atom is 0.325 e. The van der Waals surface area contributed by atoms with E-state index >= 15 is 0 Å². The molecule has 152 valence electrons. The number of Topliss-reactive ketones (excluding diaryl/α,β-unsaturated/α-hetero) is 1. The second-order valence-corrected chi connectivity index (χ2v) is 7.74. The number of carbonyl (C=O) groups excluding carboxylic acids is 3. The van der Waals surface area contributed by atoms with E-state index in [0.29, 0.717) is 25.1 Å². The molecule has 0 unspecified atom stereocenters. The van der Waals surface area contributed by atoms with Gasteiger partial charge in [0.2, 0.25) is 0 Å². The molecule has 7 heteroatoms. The molecule has 2 heterocycles. The molecule has 0 saturated carbocycles. The third-order valence-corrected chi connectivity index (χ3v) is 6.12. The summed E-state index contributed by atoms with van der Waals surface area (Å²) in [7, 11) is 1.63. The molecule has 7 nitrogen and oxygen atoms in total. The Hall–Kier alpha value is -2.93. The van der Waals surface area contributed by atoms with E-state index in [-0.39, 0.29) is 18.2 Å². The van der Waals surface area contributed by atoms with Crippen LogP contribution in [0.3, 0.4) is 0 Å². The van der Waals surface area contributed by atoms with Gasteiger partial charge in [0, 0.05) is 30.6 Å². The van der Waals surface area contributed by atoms with Crippen molar-refractivity contribution in [1.29, 1.82) is 0 Å². The molecule has 29 heavy (non-hydrogen) atoms. The summed E-state index contributed by atoms with van der Waals surface area (Å²) in [5.41, 5.74) is 3.16. The van der Waals surface area contributed by atoms with Crippen LogP contribution >= 0.6 is 0 Å². The van der Waals surface area contributed by atoms with Crippen LogP contribution in [0.1, 0.15) is 39.3 Å². The molecule has 1 saturated heterocycles. The number of benzene rings is 1. The number of fused-ring (bicyclic) bond motifs is 2. The minimum atomic E-state index is -1.04. The number of hydrogen-bond acceptors (Lipinski definition) is 4. The summed E-state index contributed by atoms with van der Waals surface area (Å²) in [6.07, 6.45) is 1.25. The van der Waals surface area contributed by atoms with E-state index in [4.69, 9.17) is 4.74 Å². The molecule has 1 aromatic heterocycles. The summed E-state index contributed by atoms with van der Waals surface area (Å²) in [4.78, 5) is 39.9. The minimum Gasteiger partial charge on any atom is -0.383 e. The average molecular weight is 395 g/mol. The van der Waals surface area contributed by atoms with Crippen LogP contribution in [-0.2, 0) is 28.0 Å². The number of methoxy groups -OCH3 is 1. The zero-order valence-corrected chi connectivity index (χ0v) is 16.9. The molecule has 2 aliphatic rings. The molecule has 4 rings (SSSR count). The Bertz CT molecular complexity index is 1010. The van der Waals surface area contributed by atoms with E-state index in [2.05, 4.69) is 5.32 Å². The van der Waals surface area contributed by atoms with Crippen molar-refractivity contribution in [1.82, 2.24) is 14.8 Å². The highest BCUT2D eigenvalue weighted by molar-refractivity contribution is 6.12. The van der Waals surface area contributed by atoms with Crippen LogP contribution in [-0.4, -0.2) is 47.4 Å². The highest BCUT2D eigenvalue weighted by Gasteiger charge is 2.55. The molecule has 1 N–H and O–H groups in total. The SMILES string of the molecule is COCCn1c(C)cc(C(=O)CN2C(=O)N[C@@]3(CCc4ccccc43)C2=O)c1C. The lowest BCUT2D eigenvalue weighted by Gasteiger charge is -2.22. The number of ether oxygens (including phenoxy) is 1. The lowest BCUT2D eigenvalue weighted by atomic mass is 9.92. The number of aromatic nitrogens is 1. The van der Waals surface area contributed by atoms with Crippen molar-refractivity contribution in [3.05, 3.63) is 58.4 Å². The van der Waals surface area contributed by atoms with Crippen molar-refractivity contribution in [2.24, 2.45) is 0 Å². The Labute approximate surface area is 169 Å². The Morgan fingerprint density at radius 2 is 2.00 bits per heavy atom. The van der Waals surface area contributed by atoms with E-state index in [1.54, 1.807) is 7.11 Å². The fourth-order valence-corrected chi connectivity index (χ4v) is 4.57. The zero-order chi connectivity index (χ0) is 20.8. The van der Waals surface area contributed by atoms with Crippen molar-refractivity contribution in [2.75, 3.05) is 20.3 Å². The number of ketones is 1. The number of carbonyl (C=O) groups is 3. The Morgan fingerprint density at radius 1 is 1.24 bits per heavy atom. The van der Waals surface area contributed by atoms with Gasteiger partial charge in [0.25, 0.3) is 5.91 Å². The molecule has 1 atom stereocenters. The van der Waals surface area contributed by atoms with Crippen LogP contribution < -0.4 is 5.32 Å². The fourth-order valence-electron chi connectivity index (χ4n) is 4.57. The van der Waals surface area contributed by atoms with Crippen molar-refractivity contribution in [3.8, 4) is 0 Å². The van der Waals surface area contributed by atoms with Crippen molar-refractivity contribution >= 4 is 17.7 Å². The first-order valence-corrected chi connectivity index (χ1v) is 9.80. The topological polar surface area (TPSA) is 80.6 Å². The summed E-state index contributed by atoms with van der Waals surface area (Å²) in [5.74, 6) is -0.581. The molecule has 1 aromatic carbocycles. The molecule has 0 radical (unpaired) electrons. The Morgan fingerprint density at radius 3 is 2.76 bits per heavy atom. The number of nitrogens with zero attached hydrogens (tertiary/aromatic N) is 2. The summed E-state index contributed by atoms with van der Waals surface area (Å²) < 4.78 is 7.14. The normalized spacial score (nSPS) is 20.4. The predicted molar refractivity (Wildman–Crippen MR) is 107 cm³/mol. The quantitative estimate of drug-likeness (QED) is 0.601. The lowest BCUT2D eigenvalue weighted by molar-refractivity contribution is -0.131. The largest absolute Gasteiger partial charge is 0.383 e. The average Bonchev–Trinajstić information content (AvgIpc) is 3.29. The molecule has 1 aliphatic heterocycles. The smallest absolute Gasteiger partial charge is 0.325 e. The summed E-state index contributed by atoms with van der Waals surface area (Å²) in [6, 6.07) is 8.97. The van der Waals surface area contributed by atoms with Gasteiger partial charge < -0.3 is 14.6 Å². The Kier molecular flexibility index (Phi) is 4.78. The highest BCUT2D eigenvalue weighted by Crippen LogP contribution is 2.41. The molecule has 1 fully saturated rings. The van der Waals surface area contributed by atoms with E-state index < -0.39 is 11.6 Å². The van der Waals surface area contributed by atoms with Crippen molar-refractivity contribution < 1.29 is 19.1 Å². The van der Waals surface area contributed by atoms with E-state index in [9.17, 15) is 14.4 Å². The van der Waals surface area contributed by atoms with Crippen LogP contribution in [0, 0.1) is 13.8 Å². The lowest BCUT2D eigenvalue weighted by Crippen LogP contribution is -2.42. The van der Waals surface area contributed by atoms with Gasteiger partial charge in [-0.1, -0.05) is 24.3 Å². The van der Waals surface area contributed by atoms with Gasteiger partial charge in [-0.05, 0) is 43.9 Å². The van der Waals surface area contributed by atoms with Gasteiger partial charge in [0.15, 0.2) is 5.78 Å². The number of nitrogens with one attached hydrogen (secondary N) is 1. The van der Waals surface area contributed by atoms with Gasteiger partial charge in [0.05, 0.1) is 13.2 Å². The summed E-state index contributed by atoms with van der Waals surface area (Å²) >= 11 is 0. The number of amides is 3. The Balaban J connectivity index is 1.57. The zero-order valence-electron chi connectivity index (χ0n) is 16.9. The van der Waals surface area contributed by atoms with Crippen LogP contribution in [0.4, 0.5) is 4.79 Å². The molecular formula is C22H25N3O4. The first-order valence-electron chi connectivity index (χ1n) is 9.80. The van der Waals surface area contributed by atoms with E-state index in [1.807, 2.05) is 48.7 Å². The minimum absolute atomic E-state index is 0.242. The van der Waals surface area contributed by atoms with Gasteiger partial charge in [-0.3, -0.25) is 14.5 Å². The summed E-state index contributed by atoms with van der Waals surface area (Å²) in [6.45, 7) is 4.72. The molecule has 1 aliphatic carbocycles. The monoisotopic (exact) mass is 395 g/mol. The van der Waals surface area contributed by atoms with Gasteiger partial charge in [0.1, 0.15) is 5.54 Å². The third kappa shape index (κ3) is 2.97. The predicted octanol–water partition coefficient (Wildman–Crippen LogP) is 2.33. The first kappa shape index (κ1) is 19.4. The van der Waals surface area contributed by atoms with E-state index in [1.165, 1.54) is 0 Å². The summed E-state index contributed by atoms with van der Waals surface area (Å²) in [5, 5.41) is 2.86. The number of urea groups is 1. The van der Waals surface area contributed by atoms with Crippen molar-refractivity contribution in [3.63, 3.8) is 0 Å². The number of hydrogen-bond donors (Lipinski definition) is 1. The van der Waals surface area contributed by atoms with Crippen LogP contribution in [0.2, 0.25) is 0 Å². The third-order valence-electron chi connectivity index (χ3n) is 6.12. The van der Waals surface area contributed by atoms with Gasteiger partial charge >= 0.3 is 6.03 Å². The maximum atomic E-state index is 13.2. The molecule has 3 amide bonds. The maximum absolute atomic E-state index is 13.2. The second-order valence-electron chi connectivity index (χ2n) is 7.74. The standard InChI is InChI=1S/C22H25N3O4/c1-14-12-17(15(2)24(14)10-11-29-3)19(26)13-25-20(27)22(23-21(25)28)9-8-16-6-4-5-7-18(16)22/h4-7,12H,8-11,13H2,1-3H3,(H,23,28)/t22-/m1/s1. The van der Waals surface area contributed by atoms with E-state index in [0.717, 1.165) is 33.8 Å². The van der Waals surface area contributed by atoms with Gasteiger partial charge in [-0.2, -0.15) is 0 Å². The molecular weight excluding hydrogens is 370 g/mol. The van der Waals surface area contributed by atoms with Crippen LogP contribution in [0.5, 0.6) is 0 Å². The van der Waals surface area contributed by atoms with Crippen LogP contribution in [0.25, 0.3) is 0 Å². The number of aryl methyl sites for hydroxylation is 2. The van der Waals surface area contributed by atoms with Crippen LogP contribution in [0.15, 0.2) is 30.3 Å². The fraction of sp³-hybridized carbons (Fsp3) is 0.409. The second kappa shape index (κ2) is 7.15. The highest BCUT2D eigenvalue weighted by atomic mass is 16.5. The van der Waals surface area contributed by atoms with Crippen molar-refractivity contribution in [2.45, 2.75) is 38.8 Å². The van der Waals surface area contributed by atoms with Gasteiger partial charge in [-0.15, -0.1) is 0 Å². The molecule has 2 aromatic rings. The molecule has 0 bridgehead atoms. The number of imide groups is 1.